The number of hydrogen-bond acceptors (Lipinski definition) is 3. The third kappa shape index (κ3) is 3.78. The van der Waals surface area contributed by atoms with Crippen molar-refractivity contribution in [2.75, 3.05) is 13.2 Å². The average molecular weight is 400 g/mol. The van der Waals surface area contributed by atoms with E-state index in [0.29, 0.717) is 6.61 Å². The zero-order chi connectivity index (χ0) is 20.8. The number of benzene rings is 3. The summed E-state index contributed by atoms with van der Waals surface area (Å²) >= 11 is 0. The third-order valence-electron chi connectivity index (χ3n) is 6.23. The molecule has 0 spiro atoms. The molecule has 1 N–H and O–H groups in total. The van der Waals surface area contributed by atoms with Gasteiger partial charge in [0.1, 0.15) is 0 Å². The molecule has 1 aliphatic heterocycles. The highest BCUT2D eigenvalue weighted by molar-refractivity contribution is 5.73. The fraction of sp³-hybridized carbons (Fsp3) is 0.296. The lowest BCUT2D eigenvalue weighted by molar-refractivity contribution is -0.149. The van der Waals surface area contributed by atoms with Crippen LogP contribution < -0.4 is 5.32 Å². The largest absolute Gasteiger partial charge is 0.466 e. The van der Waals surface area contributed by atoms with Gasteiger partial charge in [0, 0.05) is 6.04 Å². The quantitative estimate of drug-likeness (QED) is 0.471. The molecule has 0 saturated carbocycles. The van der Waals surface area contributed by atoms with Crippen LogP contribution in [0.2, 0.25) is 0 Å². The maximum Gasteiger partial charge on any atom is 0.309 e. The van der Waals surface area contributed by atoms with Crippen molar-refractivity contribution in [1.82, 2.24) is 5.32 Å². The molecule has 2 atom stereocenters. The van der Waals surface area contributed by atoms with Crippen LogP contribution in [-0.2, 0) is 14.9 Å². The fourth-order valence-corrected chi connectivity index (χ4v) is 4.93. The monoisotopic (exact) mass is 399 g/mol. The van der Waals surface area contributed by atoms with Crippen molar-refractivity contribution in [3.05, 3.63) is 108 Å². The molecule has 0 aromatic heterocycles. The standard InChI is InChI=1S/C27H29NO2/c1-2-30-26(29)21-18-19-28-25(20-21)27(22-12-6-3-7-13-22,23-14-8-4-9-15-23)24-16-10-5-11-17-24/h3-17,21,25,28H,2,18-20H2,1H3. The molecule has 30 heavy (non-hydrogen) atoms. The van der Waals surface area contributed by atoms with E-state index >= 15 is 0 Å². The minimum atomic E-state index is -0.408. The molecule has 1 heterocycles. The number of rotatable bonds is 6. The van der Waals surface area contributed by atoms with E-state index < -0.39 is 5.41 Å². The van der Waals surface area contributed by atoms with Crippen molar-refractivity contribution < 1.29 is 9.53 Å². The maximum atomic E-state index is 12.6. The van der Waals surface area contributed by atoms with Crippen molar-refractivity contribution in [2.45, 2.75) is 31.2 Å². The molecule has 0 bridgehead atoms. The van der Waals surface area contributed by atoms with Crippen molar-refractivity contribution >= 4 is 5.97 Å². The number of ether oxygens (including phenoxy) is 1. The molecule has 3 nitrogen and oxygen atoms in total. The molecule has 154 valence electrons. The Morgan fingerprint density at radius 3 is 1.77 bits per heavy atom. The topological polar surface area (TPSA) is 38.3 Å². The van der Waals surface area contributed by atoms with Crippen LogP contribution in [0.4, 0.5) is 0 Å². The van der Waals surface area contributed by atoms with Gasteiger partial charge < -0.3 is 10.1 Å². The molecule has 0 radical (unpaired) electrons. The van der Waals surface area contributed by atoms with Gasteiger partial charge in [0.2, 0.25) is 0 Å². The molecular formula is C27H29NO2. The van der Waals surface area contributed by atoms with Gasteiger partial charge in [-0.25, -0.2) is 0 Å². The van der Waals surface area contributed by atoms with Crippen molar-refractivity contribution in [2.24, 2.45) is 5.92 Å². The predicted octanol–water partition coefficient (Wildman–Crippen LogP) is 4.95. The van der Waals surface area contributed by atoms with Gasteiger partial charge in [-0.15, -0.1) is 0 Å². The van der Waals surface area contributed by atoms with Crippen LogP contribution in [0.25, 0.3) is 0 Å². The highest BCUT2D eigenvalue weighted by Crippen LogP contribution is 2.45. The molecule has 2 unspecified atom stereocenters. The Morgan fingerprint density at radius 2 is 1.33 bits per heavy atom. The summed E-state index contributed by atoms with van der Waals surface area (Å²) in [6.45, 7) is 3.09. The molecule has 0 amide bonds. The van der Waals surface area contributed by atoms with Crippen molar-refractivity contribution in [3.8, 4) is 0 Å². The predicted molar refractivity (Wildman–Crippen MR) is 120 cm³/mol. The van der Waals surface area contributed by atoms with Crippen LogP contribution in [-0.4, -0.2) is 25.2 Å². The van der Waals surface area contributed by atoms with Crippen LogP contribution in [0.3, 0.4) is 0 Å². The summed E-state index contributed by atoms with van der Waals surface area (Å²) in [5.41, 5.74) is 3.27. The Kier molecular flexibility index (Phi) is 6.29. The van der Waals surface area contributed by atoms with Gasteiger partial charge in [-0.3, -0.25) is 4.79 Å². The van der Waals surface area contributed by atoms with Gasteiger partial charge in [-0.2, -0.15) is 0 Å². The van der Waals surface area contributed by atoms with Crippen LogP contribution in [0.15, 0.2) is 91.0 Å². The second kappa shape index (κ2) is 9.27. The van der Waals surface area contributed by atoms with Gasteiger partial charge in [0.25, 0.3) is 0 Å². The fourth-order valence-electron chi connectivity index (χ4n) is 4.93. The third-order valence-corrected chi connectivity index (χ3v) is 6.23. The van der Waals surface area contributed by atoms with Gasteiger partial charge in [-0.1, -0.05) is 91.0 Å². The summed E-state index contributed by atoms with van der Waals surface area (Å²) in [7, 11) is 0. The minimum absolute atomic E-state index is 0.0628. The van der Waals surface area contributed by atoms with Gasteiger partial charge >= 0.3 is 5.97 Å². The Labute approximate surface area is 179 Å². The Balaban J connectivity index is 1.90. The number of nitrogens with one attached hydrogen (secondary N) is 1. The van der Waals surface area contributed by atoms with E-state index in [1.807, 2.05) is 6.92 Å². The molecule has 0 aliphatic carbocycles. The number of hydrogen-bond donors (Lipinski definition) is 1. The summed E-state index contributed by atoms with van der Waals surface area (Å²) < 4.78 is 5.39. The first-order valence-corrected chi connectivity index (χ1v) is 10.8. The van der Waals surface area contributed by atoms with E-state index in [1.54, 1.807) is 0 Å². The van der Waals surface area contributed by atoms with Crippen LogP contribution >= 0.6 is 0 Å². The summed E-state index contributed by atoms with van der Waals surface area (Å²) in [6, 6.07) is 32.0. The zero-order valence-electron chi connectivity index (χ0n) is 17.5. The van der Waals surface area contributed by atoms with Crippen molar-refractivity contribution in [3.63, 3.8) is 0 Å². The molecule has 1 saturated heterocycles. The molecule has 3 aromatic carbocycles. The normalized spacial score (nSPS) is 19.2. The zero-order valence-corrected chi connectivity index (χ0v) is 17.5. The number of esters is 1. The summed E-state index contributed by atoms with van der Waals surface area (Å²) in [5.74, 6) is -0.168. The van der Waals surface area contributed by atoms with Gasteiger partial charge in [-0.05, 0) is 43.0 Å². The summed E-state index contributed by atoms with van der Waals surface area (Å²) in [5, 5.41) is 3.77. The van der Waals surface area contributed by atoms with Gasteiger partial charge in [0.05, 0.1) is 17.9 Å². The molecular weight excluding hydrogens is 370 g/mol. The average Bonchev–Trinajstić information content (AvgIpc) is 2.82. The van der Waals surface area contributed by atoms with E-state index in [2.05, 4.69) is 96.3 Å². The summed E-state index contributed by atoms with van der Waals surface area (Å²) in [4.78, 5) is 12.6. The van der Waals surface area contributed by atoms with Crippen molar-refractivity contribution in [1.29, 1.82) is 0 Å². The van der Waals surface area contributed by atoms with Crippen LogP contribution in [0.5, 0.6) is 0 Å². The number of carbonyl (C=O) groups excluding carboxylic acids is 1. The van der Waals surface area contributed by atoms with Crippen LogP contribution in [0, 0.1) is 5.92 Å². The lowest BCUT2D eigenvalue weighted by Gasteiger charge is -2.46. The van der Waals surface area contributed by atoms with E-state index in [0.717, 1.165) is 19.4 Å². The Bertz CT molecular complexity index is 844. The molecule has 4 rings (SSSR count). The maximum absolute atomic E-state index is 12.6. The number of carbonyl (C=O) groups is 1. The lowest BCUT2D eigenvalue weighted by Crippen LogP contribution is -2.54. The minimum Gasteiger partial charge on any atom is -0.466 e. The second-order valence-electron chi connectivity index (χ2n) is 7.89. The van der Waals surface area contributed by atoms with Crippen LogP contribution in [0.1, 0.15) is 36.5 Å². The van der Waals surface area contributed by atoms with E-state index in [1.165, 1.54) is 16.7 Å². The van der Waals surface area contributed by atoms with Gasteiger partial charge in [0.15, 0.2) is 0 Å². The first-order chi connectivity index (χ1) is 14.8. The second-order valence-corrected chi connectivity index (χ2v) is 7.89. The molecule has 1 fully saturated rings. The molecule has 3 heteroatoms. The summed E-state index contributed by atoms with van der Waals surface area (Å²) in [6.07, 6.45) is 1.54. The highest BCUT2D eigenvalue weighted by atomic mass is 16.5. The smallest absolute Gasteiger partial charge is 0.309 e. The first-order valence-electron chi connectivity index (χ1n) is 10.8. The Hall–Kier alpha value is -2.91. The van der Waals surface area contributed by atoms with E-state index in [-0.39, 0.29) is 17.9 Å². The van der Waals surface area contributed by atoms with E-state index in [9.17, 15) is 4.79 Å². The van der Waals surface area contributed by atoms with E-state index in [4.69, 9.17) is 4.74 Å². The highest BCUT2D eigenvalue weighted by Gasteiger charge is 2.46. The Morgan fingerprint density at radius 1 is 0.867 bits per heavy atom. The first kappa shape index (κ1) is 20.4. The molecule has 3 aromatic rings. The number of piperidine rings is 1. The lowest BCUT2D eigenvalue weighted by atomic mass is 9.62. The molecule has 1 aliphatic rings. The SMILES string of the molecule is CCOC(=O)C1CCNC(C(c2ccccc2)(c2ccccc2)c2ccccc2)C1.